The van der Waals surface area contributed by atoms with Gasteiger partial charge in [0, 0.05) is 4.91 Å². The van der Waals surface area contributed by atoms with E-state index in [1.165, 1.54) is 22.3 Å². The van der Waals surface area contributed by atoms with E-state index in [0.29, 0.717) is 0 Å². The molecule has 0 N–H and O–H groups in total. The third-order valence-electron chi connectivity index (χ3n) is 4.87. The largest absolute Gasteiger partial charge is 0.130 e. The SMILES string of the molecule is CCSC1=C([Si](C)(C)C)C12c1ccccc1-c1ccccc12. The third-order valence-corrected chi connectivity index (χ3v) is 8.26. The molecule has 2 heteroatoms. The van der Waals surface area contributed by atoms with Crippen molar-refractivity contribution in [3.05, 3.63) is 69.8 Å². The maximum Gasteiger partial charge on any atom is 0.0756 e. The molecule has 2 aliphatic rings. The molecule has 0 aromatic heterocycles. The van der Waals surface area contributed by atoms with Crippen LogP contribution in [0.4, 0.5) is 0 Å². The Balaban J connectivity index is 2.01. The van der Waals surface area contributed by atoms with E-state index in [2.05, 4.69) is 86.9 Å². The van der Waals surface area contributed by atoms with Crippen molar-refractivity contribution in [1.29, 1.82) is 0 Å². The van der Waals surface area contributed by atoms with Gasteiger partial charge in [-0.15, -0.1) is 11.8 Å². The molecule has 2 aromatic rings. The molecule has 0 unspecified atom stereocenters. The molecule has 112 valence electrons. The summed E-state index contributed by atoms with van der Waals surface area (Å²) in [5.74, 6) is 1.16. The van der Waals surface area contributed by atoms with Crippen molar-refractivity contribution in [1.82, 2.24) is 0 Å². The smallest absolute Gasteiger partial charge is 0.0756 e. The summed E-state index contributed by atoms with van der Waals surface area (Å²) in [5, 5.41) is 1.77. The molecule has 1 spiro atoms. The van der Waals surface area contributed by atoms with Gasteiger partial charge < -0.3 is 0 Å². The average molecular weight is 323 g/mol. The summed E-state index contributed by atoms with van der Waals surface area (Å²) in [7, 11) is -1.34. The molecule has 22 heavy (non-hydrogen) atoms. The highest BCUT2D eigenvalue weighted by Gasteiger charge is 2.63. The van der Waals surface area contributed by atoms with Crippen LogP contribution in [0.15, 0.2) is 58.6 Å². The number of thioether (sulfide) groups is 1. The van der Waals surface area contributed by atoms with E-state index < -0.39 is 8.07 Å². The fraction of sp³-hybridized carbons (Fsp3) is 0.300. The van der Waals surface area contributed by atoms with Gasteiger partial charge in [-0.1, -0.05) is 80.3 Å². The van der Waals surface area contributed by atoms with Crippen molar-refractivity contribution >= 4 is 19.8 Å². The number of allylic oxidation sites excluding steroid dienone is 2. The van der Waals surface area contributed by atoms with Crippen molar-refractivity contribution in [2.75, 3.05) is 5.75 Å². The van der Waals surface area contributed by atoms with Crippen LogP contribution in [-0.4, -0.2) is 13.8 Å². The van der Waals surface area contributed by atoms with Gasteiger partial charge in [-0.3, -0.25) is 0 Å². The molecule has 0 atom stereocenters. The highest BCUT2D eigenvalue weighted by Crippen LogP contribution is 2.71. The van der Waals surface area contributed by atoms with Crippen LogP contribution in [-0.2, 0) is 5.41 Å². The minimum Gasteiger partial charge on any atom is -0.130 e. The van der Waals surface area contributed by atoms with E-state index in [4.69, 9.17) is 0 Å². The van der Waals surface area contributed by atoms with Gasteiger partial charge in [-0.25, -0.2) is 0 Å². The first-order valence-electron chi connectivity index (χ1n) is 8.10. The molecule has 2 aromatic carbocycles. The second kappa shape index (κ2) is 4.62. The number of benzene rings is 2. The summed E-state index contributed by atoms with van der Waals surface area (Å²) in [6.45, 7) is 9.77. The standard InChI is InChI=1S/C20H22SSi/c1-5-21-18-19(22(2,3)4)20(18)16-12-8-6-10-14(16)15-11-7-9-13-17(15)20/h6-13H,5H2,1-4H3. The van der Waals surface area contributed by atoms with Gasteiger partial charge in [-0.05, 0) is 28.0 Å². The third kappa shape index (κ3) is 1.65. The molecule has 0 amide bonds. The average Bonchev–Trinajstić information content (AvgIpc) is 3.08. The van der Waals surface area contributed by atoms with Crippen LogP contribution in [0.3, 0.4) is 0 Å². The quantitative estimate of drug-likeness (QED) is 0.639. The molecule has 0 aliphatic heterocycles. The maximum absolute atomic E-state index is 2.50. The second-order valence-corrected chi connectivity index (χ2v) is 13.5. The molecular weight excluding hydrogens is 300 g/mol. The van der Waals surface area contributed by atoms with Crippen molar-refractivity contribution in [3.8, 4) is 11.1 Å². The number of hydrogen-bond donors (Lipinski definition) is 0. The normalized spacial score (nSPS) is 17.6. The summed E-state index contributed by atoms with van der Waals surface area (Å²) in [6.07, 6.45) is 0. The highest BCUT2D eigenvalue weighted by atomic mass is 32.2. The van der Waals surface area contributed by atoms with Crippen molar-refractivity contribution in [3.63, 3.8) is 0 Å². The van der Waals surface area contributed by atoms with Gasteiger partial charge in [0.25, 0.3) is 0 Å². The number of hydrogen-bond acceptors (Lipinski definition) is 1. The van der Waals surface area contributed by atoms with E-state index in [9.17, 15) is 0 Å². The summed E-state index contributed by atoms with van der Waals surface area (Å²) in [4.78, 5) is 1.66. The lowest BCUT2D eigenvalue weighted by Crippen LogP contribution is -2.27. The van der Waals surface area contributed by atoms with Gasteiger partial charge in [-0.2, -0.15) is 0 Å². The van der Waals surface area contributed by atoms with Gasteiger partial charge >= 0.3 is 0 Å². The zero-order valence-electron chi connectivity index (χ0n) is 13.7. The van der Waals surface area contributed by atoms with Crippen LogP contribution < -0.4 is 0 Å². The Hall–Kier alpha value is -1.25. The number of rotatable bonds is 3. The summed E-state index contributed by atoms with van der Waals surface area (Å²) < 4.78 is 0. The van der Waals surface area contributed by atoms with Crippen LogP contribution >= 0.6 is 11.8 Å². The van der Waals surface area contributed by atoms with Crippen LogP contribution in [0.25, 0.3) is 11.1 Å². The zero-order valence-corrected chi connectivity index (χ0v) is 15.6. The van der Waals surface area contributed by atoms with Crippen LogP contribution in [0, 0.1) is 0 Å². The van der Waals surface area contributed by atoms with Gasteiger partial charge in [0.15, 0.2) is 0 Å². The Labute approximate surface area is 138 Å². The minimum atomic E-state index is -1.34. The zero-order chi connectivity index (χ0) is 15.5. The van der Waals surface area contributed by atoms with Crippen LogP contribution in [0.2, 0.25) is 19.6 Å². The van der Waals surface area contributed by atoms with Crippen LogP contribution in [0.5, 0.6) is 0 Å². The molecule has 0 saturated heterocycles. The molecule has 0 nitrogen and oxygen atoms in total. The van der Waals surface area contributed by atoms with E-state index >= 15 is 0 Å². The second-order valence-electron chi connectivity index (χ2n) is 7.23. The first-order valence-corrected chi connectivity index (χ1v) is 12.6. The first-order chi connectivity index (χ1) is 10.5. The predicted octanol–water partition coefficient (Wildman–Crippen LogP) is 5.85. The fourth-order valence-corrected chi connectivity index (χ4v) is 8.86. The molecule has 0 fully saturated rings. The van der Waals surface area contributed by atoms with Gasteiger partial charge in [0.1, 0.15) is 0 Å². The minimum absolute atomic E-state index is 0.137. The molecule has 0 radical (unpaired) electrons. The molecular formula is C20H22SSi. The Morgan fingerprint density at radius 2 is 1.36 bits per heavy atom. The van der Waals surface area contributed by atoms with Crippen molar-refractivity contribution < 1.29 is 0 Å². The van der Waals surface area contributed by atoms with Crippen molar-refractivity contribution in [2.24, 2.45) is 0 Å². The molecule has 0 bridgehead atoms. The van der Waals surface area contributed by atoms with E-state index in [1.54, 1.807) is 10.1 Å². The summed E-state index contributed by atoms with van der Waals surface area (Å²) in [6, 6.07) is 18.1. The van der Waals surface area contributed by atoms with Crippen molar-refractivity contribution in [2.45, 2.75) is 32.0 Å². The Morgan fingerprint density at radius 1 is 0.864 bits per heavy atom. The molecule has 0 heterocycles. The Kier molecular flexibility index (Phi) is 3.01. The lowest BCUT2D eigenvalue weighted by Gasteiger charge is -2.22. The lowest BCUT2D eigenvalue weighted by molar-refractivity contribution is 0.944. The highest BCUT2D eigenvalue weighted by molar-refractivity contribution is 8.03. The lowest BCUT2D eigenvalue weighted by atomic mass is 9.91. The predicted molar refractivity (Wildman–Crippen MR) is 101 cm³/mol. The molecule has 0 saturated carbocycles. The monoisotopic (exact) mass is 322 g/mol. The number of fused-ring (bicyclic) bond motifs is 5. The first kappa shape index (κ1) is 14.3. The topological polar surface area (TPSA) is 0 Å². The molecule has 4 rings (SSSR count). The molecule has 2 aliphatic carbocycles. The summed E-state index contributed by atoms with van der Waals surface area (Å²) >= 11 is 2.07. The van der Waals surface area contributed by atoms with Gasteiger partial charge in [0.05, 0.1) is 13.5 Å². The van der Waals surface area contributed by atoms with Gasteiger partial charge in [0.2, 0.25) is 0 Å². The maximum atomic E-state index is 2.50. The van der Waals surface area contributed by atoms with E-state index in [0.717, 1.165) is 5.75 Å². The Bertz CT molecular complexity index is 750. The fourth-order valence-electron chi connectivity index (χ4n) is 4.24. The van der Waals surface area contributed by atoms with E-state index in [1.807, 2.05) is 0 Å². The van der Waals surface area contributed by atoms with E-state index in [-0.39, 0.29) is 5.41 Å². The summed E-state index contributed by atoms with van der Waals surface area (Å²) in [5.41, 5.74) is 6.09. The van der Waals surface area contributed by atoms with Crippen LogP contribution in [0.1, 0.15) is 18.1 Å². The Morgan fingerprint density at radius 3 is 1.82 bits per heavy atom.